The Bertz CT molecular complexity index is 1040. The Labute approximate surface area is 184 Å². The van der Waals surface area contributed by atoms with Crippen LogP contribution in [0.4, 0.5) is 0 Å². The molecule has 4 aromatic carbocycles. The molecule has 0 heterocycles. The minimum atomic E-state index is -1.31. The largest absolute Gasteiger partial charge is 0.249 e. The second-order valence-electron chi connectivity index (χ2n) is 6.27. The van der Waals surface area contributed by atoms with Crippen LogP contribution in [-0.2, 0) is 10.8 Å². The van der Waals surface area contributed by atoms with Crippen LogP contribution < -0.4 is 0 Å². The summed E-state index contributed by atoms with van der Waals surface area (Å²) >= 11 is 6.96. The molecule has 0 aliphatic carbocycles. The smallest absolute Gasteiger partial charge is 0.0862 e. The average molecular weight is 512 g/mol. The molecule has 0 unspecified atom stereocenters. The molecule has 0 atom stereocenters. The second-order valence-corrected chi connectivity index (χ2v) is 9.52. The number of halogens is 2. The predicted octanol–water partition coefficient (Wildman–Crippen LogP) is 7.71. The van der Waals surface area contributed by atoms with Crippen molar-refractivity contribution in [2.24, 2.45) is 0 Å². The Hall–Kier alpha value is -2.01. The molecule has 0 fully saturated rings. The molecule has 0 radical (unpaired) electrons. The molecule has 4 aromatic rings. The van der Waals surface area contributed by atoms with Crippen molar-refractivity contribution < 1.29 is 4.21 Å². The zero-order valence-electron chi connectivity index (χ0n) is 14.8. The maximum atomic E-state index is 13.7. The summed E-state index contributed by atoms with van der Waals surface area (Å²) in [5, 5.41) is 0. The summed E-state index contributed by atoms with van der Waals surface area (Å²) < 4.78 is 15.7. The Balaban J connectivity index is 1.82. The Morgan fingerprint density at radius 2 is 0.857 bits per heavy atom. The molecule has 0 spiro atoms. The average Bonchev–Trinajstić information content (AvgIpc) is 2.74. The fraction of sp³-hybridized carbons (Fsp3) is 0. The molecule has 1 nitrogen and oxygen atoms in total. The molecule has 4 heteroatoms. The SMILES string of the molecule is O=S(c1ccccc1-c1ccc(Br)cc1)c1ccccc1-c1ccc(Br)cc1. The number of hydrogen-bond acceptors (Lipinski definition) is 1. The summed E-state index contributed by atoms with van der Waals surface area (Å²) in [5.74, 6) is 0. The van der Waals surface area contributed by atoms with Gasteiger partial charge >= 0.3 is 0 Å². The Morgan fingerprint density at radius 1 is 0.500 bits per heavy atom. The molecule has 28 heavy (non-hydrogen) atoms. The van der Waals surface area contributed by atoms with Crippen molar-refractivity contribution in [3.63, 3.8) is 0 Å². The summed E-state index contributed by atoms with van der Waals surface area (Å²) in [7, 11) is -1.31. The zero-order chi connectivity index (χ0) is 19.5. The van der Waals surface area contributed by atoms with Gasteiger partial charge in [-0.25, -0.2) is 4.21 Å². The molecule has 0 saturated carbocycles. The summed E-state index contributed by atoms with van der Waals surface area (Å²) in [5.41, 5.74) is 4.07. The van der Waals surface area contributed by atoms with Crippen LogP contribution in [0, 0.1) is 0 Å². The molecular formula is C24H16Br2OS. The number of rotatable bonds is 4. The van der Waals surface area contributed by atoms with Crippen molar-refractivity contribution in [2.45, 2.75) is 9.79 Å². The number of benzene rings is 4. The van der Waals surface area contributed by atoms with E-state index < -0.39 is 10.8 Å². The van der Waals surface area contributed by atoms with E-state index >= 15 is 0 Å². The summed E-state index contributed by atoms with van der Waals surface area (Å²) in [6.07, 6.45) is 0. The highest BCUT2D eigenvalue weighted by Gasteiger charge is 2.17. The van der Waals surface area contributed by atoms with Crippen LogP contribution >= 0.6 is 31.9 Å². The van der Waals surface area contributed by atoms with Gasteiger partial charge in [0, 0.05) is 8.95 Å². The van der Waals surface area contributed by atoms with Crippen LogP contribution in [0.1, 0.15) is 0 Å². The zero-order valence-corrected chi connectivity index (χ0v) is 18.8. The first-order valence-electron chi connectivity index (χ1n) is 8.75. The minimum Gasteiger partial charge on any atom is -0.249 e. The lowest BCUT2D eigenvalue weighted by Gasteiger charge is -2.13. The van der Waals surface area contributed by atoms with Crippen LogP contribution in [0.25, 0.3) is 22.3 Å². The van der Waals surface area contributed by atoms with Gasteiger partial charge in [-0.05, 0) is 58.7 Å². The van der Waals surface area contributed by atoms with Crippen molar-refractivity contribution in [3.05, 3.63) is 106 Å². The lowest BCUT2D eigenvalue weighted by atomic mass is 10.1. The molecule has 0 N–H and O–H groups in total. The van der Waals surface area contributed by atoms with Gasteiger partial charge in [-0.15, -0.1) is 0 Å². The quantitative estimate of drug-likeness (QED) is 0.274. The first-order chi connectivity index (χ1) is 13.6. The van der Waals surface area contributed by atoms with Gasteiger partial charge < -0.3 is 0 Å². The van der Waals surface area contributed by atoms with E-state index in [1.54, 1.807) is 0 Å². The van der Waals surface area contributed by atoms with E-state index in [2.05, 4.69) is 31.9 Å². The standard InChI is InChI=1S/C24H16Br2OS/c25-19-13-9-17(10-14-19)21-5-1-3-7-23(21)28(27)24-8-4-2-6-22(24)18-11-15-20(26)16-12-18/h1-16H. The summed E-state index contributed by atoms with van der Waals surface area (Å²) in [6.45, 7) is 0. The van der Waals surface area contributed by atoms with Crippen molar-refractivity contribution in [1.82, 2.24) is 0 Å². The third-order valence-corrected chi connectivity index (χ3v) is 7.05. The van der Waals surface area contributed by atoms with Crippen LogP contribution in [0.3, 0.4) is 0 Å². The van der Waals surface area contributed by atoms with Crippen LogP contribution in [0.5, 0.6) is 0 Å². The molecule has 0 bridgehead atoms. The third-order valence-electron chi connectivity index (χ3n) is 4.48. The van der Waals surface area contributed by atoms with Gasteiger partial charge in [0.25, 0.3) is 0 Å². The van der Waals surface area contributed by atoms with Crippen LogP contribution in [0.15, 0.2) is 116 Å². The van der Waals surface area contributed by atoms with Crippen molar-refractivity contribution >= 4 is 42.7 Å². The first-order valence-corrected chi connectivity index (χ1v) is 11.5. The summed E-state index contributed by atoms with van der Waals surface area (Å²) in [4.78, 5) is 1.63. The van der Waals surface area contributed by atoms with Crippen LogP contribution in [0.2, 0.25) is 0 Å². The lowest BCUT2D eigenvalue weighted by Crippen LogP contribution is -1.98. The van der Waals surface area contributed by atoms with E-state index in [0.29, 0.717) is 0 Å². The van der Waals surface area contributed by atoms with E-state index in [1.165, 1.54) is 0 Å². The van der Waals surface area contributed by atoms with Crippen molar-refractivity contribution in [1.29, 1.82) is 0 Å². The highest BCUT2D eigenvalue weighted by Crippen LogP contribution is 2.34. The highest BCUT2D eigenvalue weighted by molar-refractivity contribution is 9.10. The normalized spacial score (nSPS) is 11.0. The molecule has 0 aromatic heterocycles. The fourth-order valence-corrected chi connectivity index (χ4v) is 5.05. The van der Waals surface area contributed by atoms with Gasteiger partial charge in [0.15, 0.2) is 0 Å². The fourth-order valence-electron chi connectivity index (χ4n) is 3.11. The van der Waals surface area contributed by atoms with Gasteiger partial charge in [0.05, 0.1) is 20.6 Å². The molecule has 138 valence electrons. The van der Waals surface area contributed by atoms with Crippen LogP contribution in [-0.4, -0.2) is 4.21 Å². The predicted molar refractivity (Wildman–Crippen MR) is 124 cm³/mol. The minimum absolute atomic E-state index is 0.814. The molecule has 0 amide bonds. The van der Waals surface area contributed by atoms with Crippen molar-refractivity contribution in [3.8, 4) is 22.3 Å². The first kappa shape index (κ1) is 19.3. The highest BCUT2D eigenvalue weighted by atomic mass is 79.9. The maximum absolute atomic E-state index is 13.7. The van der Waals surface area contributed by atoms with E-state index in [9.17, 15) is 4.21 Å². The molecular weight excluding hydrogens is 496 g/mol. The summed E-state index contributed by atoms with van der Waals surface area (Å²) in [6, 6.07) is 32.0. The van der Waals surface area contributed by atoms with E-state index in [1.807, 2.05) is 97.1 Å². The monoisotopic (exact) mass is 510 g/mol. The molecule has 4 rings (SSSR count). The van der Waals surface area contributed by atoms with Gasteiger partial charge in [-0.2, -0.15) is 0 Å². The van der Waals surface area contributed by atoms with Gasteiger partial charge in [0.2, 0.25) is 0 Å². The van der Waals surface area contributed by atoms with Gasteiger partial charge in [-0.3, -0.25) is 0 Å². The van der Waals surface area contributed by atoms with E-state index in [-0.39, 0.29) is 0 Å². The van der Waals surface area contributed by atoms with E-state index in [4.69, 9.17) is 0 Å². The molecule has 0 saturated heterocycles. The van der Waals surface area contributed by atoms with Gasteiger partial charge in [0.1, 0.15) is 0 Å². The van der Waals surface area contributed by atoms with E-state index in [0.717, 1.165) is 41.0 Å². The number of hydrogen-bond donors (Lipinski definition) is 0. The molecule has 0 aliphatic rings. The lowest BCUT2D eigenvalue weighted by molar-refractivity contribution is 0.683. The van der Waals surface area contributed by atoms with Crippen molar-refractivity contribution in [2.75, 3.05) is 0 Å². The Morgan fingerprint density at radius 3 is 1.25 bits per heavy atom. The Kier molecular flexibility index (Phi) is 5.90. The third kappa shape index (κ3) is 4.04. The maximum Gasteiger partial charge on any atom is 0.0862 e. The van der Waals surface area contributed by atoms with Gasteiger partial charge in [-0.1, -0.05) is 92.5 Å². The second kappa shape index (κ2) is 8.56. The molecule has 0 aliphatic heterocycles. The topological polar surface area (TPSA) is 17.1 Å².